The van der Waals surface area contributed by atoms with E-state index in [1.54, 1.807) is 25.1 Å². The van der Waals surface area contributed by atoms with E-state index in [9.17, 15) is 13.2 Å². The van der Waals surface area contributed by atoms with E-state index in [4.69, 9.17) is 9.47 Å². The lowest BCUT2D eigenvalue weighted by atomic mass is 9.97. The van der Waals surface area contributed by atoms with Crippen LogP contribution in [0.3, 0.4) is 0 Å². The van der Waals surface area contributed by atoms with Gasteiger partial charge in [-0.15, -0.1) is 0 Å². The summed E-state index contributed by atoms with van der Waals surface area (Å²) in [7, 11) is -3.86. The van der Waals surface area contributed by atoms with Gasteiger partial charge in [-0.3, -0.25) is 4.79 Å². The van der Waals surface area contributed by atoms with Gasteiger partial charge in [0.2, 0.25) is 15.9 Å². The molecule has 0 bridgehead atoms. The van der Waals surface area contributed by atoms with Crippen LogP contribution in [0.1, 0.15) is 51.8 Å². The minimum Gasteiger partial charge on any atom is -0.490 e. The normalized spacial score (nSPS) is 12.5. The summed E-state index contributed by atoms with van der Waals surface area (Å²) in [4.78, 5) is 11.5. The number of hydrogen-bond donors (Lipinski definition) is 2. The molecule has 170 valence electrons. The maximum atomic E-state index is 13.3. The largest absolute Gasteiger partial charge is 0.490 e. The van der Waals surface area contributed by atoms with Gasteiger partial charge in [0.15, 0.2) is 11.5 Å². The van der Waals surface area contributed by atoms with E-state index < -0.39 is 16.1 Å². The maximum Gasteiger partial charge on any atom is 0.241 e. The molecule has 2 N–H and O–H groups in total. The Morgan fingerprint density at radius 2 is 1.65 bits per heavy atom. The number of aryl methyl sites for hydroxylation is 1. The number of carbonyl (C=O) groups excluding carboxylic acids is 1. The quantitative estimate of drug-likeness (QED) is 0.561. The van der Waals surface area contributed by atoms with Crippen molar-refractivity contribution < 1.29 is 22.7 Å². The van der Waals surface area contributed by atoms with Crippen LogP contribution >= 0.6 is 0 Å². The molecule has 1 unspecified atom stereocenters. The van der Waals surface area contributed by atoms with E-state index in [2.05, 4.69) is 10.0 Å². The van der Waals surface area contributed by atoms with Gasteiger partial charge in [0.25, 0.3) is 0 Å². The topological polar surface area (TPSA) is 93.7 Å². The minimum atomic E-state index is -3.86. The van der Waals surface area contributed by atoms with E-state index >= 15 is 0 Å². The van der Waals surface area contributed by atoms with Crippen molar-refractivity contribution in [3.63, 3.8) is 0 Å². The lowest BCUT2D eigenvalue weighted by Crippen LogP contribution is -2.32. The van der Waals surface area contributed by atoms with E-state index in [1.165, 1.54) is 13.0 Å². The summed E-state index contributed by atoms with van der Waals surface area (Å²) in [5.41, 5.74) is 1.80. The van der Waals surface area contributed by atoms with E-state index in [0.717, 1.165) is 5.56 Å². The van der Waals surface area contributed by atoms with Crippen molar-refractivity contribution in [3.8, 4) is 11.5 Å². The summed E-state index contributed by atoms with van der Waals surface area (Å²) < 4.78 is 40.7. The van der Waals surface area contributed by atoms with Crippen LogP contribution in [0.2, 0.25) is 0 Å². The van der Waals surface area contributed by atoms with Crippen LogP contribution in [0, 0.1) is 12.8 Å². The zero-order valence-electron chi connectivity index (χ0n) is 19.0. The fourth-order valence-corrected chi connectivity index (χ4v) is 4.89. The molecular formula is C23H32N2O5S. The van der Waals surface area contributed by atoms with Gasteiger partial charge >= 0.3 is 0 Å². The predicted molar refractivity (Wildman–Crippen MR) is 122 cm³/mol. The third kappa shape index (κ3) is 6.45. The number of benzene rings is 2. The number of carbonyl (C=O) groups is 1. The third-order valence-electron chi connectivity index (χ3n) is 4.67. The maximum absolute atomic E-state index is 13.3. The van der Waals surface area contributed by atoms with Crippen molar-refractivity contribution >= 4 is 21.6 Å². The Kier molecular flexibility index (Phi) is 8.47. The van der Waals surface area contributed by atoms with Gasteiger partial charge in [-0.2, -0.15) is 0 Å². The molecule has 2 rings (SSSR count). The highest BCUT2D eigenvalue weighted by Gasteiger charge is 2.26. The van der Waals surface area contributed by atoms with Crippen LogP contribution in [0.5, 0.6) is 11.5 Å². The van der Waals surface area contributed by atoms with E-state index in [-0.39, 0.29) is 16.7 Å². The molecule has 2 aromatic rings. The molecule has 0 saturated heterocycles. The van der Waals surface area contributed by atoms with Gasteiger partial charge in [-0.1, -0.05) is 26.0 Å². The average Bonchev–Trinajstić information content (AvgIpc) is 2.69. The minimum absolute atomic E-state index is 0.0268. The molecular weight excluding hydrogens is 416 g/mol. The fourth-order valence-electron chi connectivity index (χ4n) is 3.25. The number of hydrogen-bond acceptors (Lipinski definition) is 5. The highest BCUT2D eigenvalue weighted by molar-refractivity contribution is 7.89. The second-order valence-electron chi connectivity index (χ2n) is 7.58. The summed E-state index contributed by atoms with van der Waals surface area (Å²) in [5.74, 6) is 0.909. The second-order valence-corrected chi connectivity index (χ2v) is 9.26. The first kappa shape index (κ1) is 24.7. The molecule has 0 heterocycles. The van der Waals surface area contributed by atoms with Crippen LogP contribution in [-0.4, -0.2) is 27.5 Å². The van der Waals surface area contributed by atoms with E-state index in [1.807, 2.05) is 39.8 Å². The van der Waals surface area contributed by atoms with E-state index in [0.29, 0.717) is 36.0 Å². The Morgan fingerprint density at radius 1 is 1.00 bits per heavy atom. The number of ether oxygens (including phenoxy) is 2. The monoisotopic (exact) mass is 448 g/mol. The number of amides is 1. The van der Waals surface area contributed by atoms with Crippen LogP contribution in [0.4, 0.5) is 5.69 Å². The van der Waals surface area contributed by atoms with Gasteiger partial charge < -0.3 is 14.8 Å². The first-order valence-corrected chi connectivity index (χ1v) is 11.9. The molecule has 0 aliphatic heterocycles. The molecule has 7 nitrogen and oxygen atoms in total. The van der Waals surface area contributed by atoms with Crippen LogP contribution in [-0.2, 0) is 14.8 Å². The molecule has 2 aromatic carbocycles. The Labute approximate surface area is 185 Å². The average molecular weight is 449 g/mol. The van der Waals surface area contributed by atoms with Gasteiger partial charge in [0.1, 0.15) is 0 Å². The lowest BCUT2D eigenvalue weighted by Gasteiger charge is -2.24. The van der Waals surface area contributed by atoms with Gasteiger partial charge in [0, 0.05) is 18.7 Å². The van der Waals surface area contributed by atoms with Crippen LogP contribution < -0.4 is 19.5 Å². The molecule has 31 heavy (non-hydrogen) atoms. The molecule has 0 aliphatic rings. The third-order valence-corrected chi connectivity index (χ3v) is 6.26. The predicted octanol–water partition coefficient (Wildman–Crippen LogP) is 4.43. The lowest BCUT2D eigenvalue weighted by molar-refractivity contribution is -0.114. The molecule has 0 aliphatic carbocycles. The summed E-state index contributed by atoms with van der Waals surface area (Å²) >= 11 is 0. The summed E-state index contributed by atoms with van der Waals surface area (Å²) in [6.45, 7) is 11.8. The number of sulfonamides is 1. The smallest absolute Gasteiger partial charge is 0.241 e. The summed E-state index contributed by atoms with van der Waals surface area (Å²) in [6.07, 6.45) is 0. The Balaban J connectivity index is 2.43. The highest BCUT2D eigenvalue weighted by Crippen LogP contribution is 2.34. The molecule has 0 spiro atoms. The van der Waals surface area contributed by atoms with Crippen molar-refractivity contribution in [2.75, 3.05) is 18.5 Å². The number of anilines is 1. The Morgan fingerprint density at radius 3 is 2.23 bits per heavy atom. The summed E-state index contributed by atoms with van der Waals surface area (Å²) in [6, 6.07) is 9.81. The van der Waals surface area contributed by atoms with Crippen molar-refractivity contribution in [1.82, 2.24) is 4.72 Å². The van der Waals surface area contributed by atoms with Gasteiger partial charge in [0.05, 0.1) is 18.1 Å². The molecule has 1 amide bonds. The van der Waals surface area contributed by atoms with Gasteiger partial charge in [-0.05, 0) is 62.1 Å². The molecule has 0 saturated carbocycles. The molecule has 1 atom stereocenters. The standard InChI is InChI=1S/C23H32N2O5S/c1-7-29-20-12-10-18(13-21(20)30-8-2)23(15(3)4)25-31(27,28)22-14-19(24-17(6)26)11-9-16(22)5/h9-15,23,25H,7-8H2,1-6H3,(H,24,26). The fraction of sp³-hybridized carbons (Fsp3) is 0.435. The zero-order valence-corrected chi connectivity index (χ0v) is 19.8. The molecule has 8 heteroatoms. The van der Waals surface area contributed by atoms with Crippen molar-refractivity contribution in [2.24, 2.45) is 5.92 Å². The van der Waals surface area contributed by atoms with Crippen molar-refractivity contribution in [3.05, 3.63) is 47.5 Å². The highest BCUT2D eigenvalue weighted by atomic mass is 32.2. The Hall–Kier alpha value is -2.58. The summed E-state index contributed by atoms with van der Waals surface area (Å²) in [5, 5.41) is 2.63. The SMILES string of the molecule is CCOc1ccc(C(NS(=O)(=O)c2cc(NC(C)=O)ccc2C)C(C)C)cc1OCC. The van der Waals surface area contributed by atoms with Crippen molar-refractivity contribution in [2.45, 2.75) is 52.5 Å². The number of nitrogens with one attached hydrogen (secondary N) is 2. The molecule has 0 radical (unpaired) electrons. The second kappa shape index (κ2) is 10.6. The van der Waals surface area contributed by atoms with Crippen LogP contribution in [0.25, 0.3) is 0 Å². The number of rotatable bonds is 10. The van der Waals surface area contributed by atoms with Crippen LogP contribution in [0.15, 0.2) is 41.3 Å². The Bertz CT molecular complexity index is 1020. The van der Waals surface area contributed by atoms with Crippen molar-refractivity contribution in [1.29, 1.82) is 0 Å². The zero-order chi connectivity index (χ0) is 23.2. The van der Waals surface area contributed by atoms with Gasteiger partial charge in [-0.25, -0.2) is 13.1 Å². The first-order valence-electron chi connectivity index (χ1n) is 10.4. The molecule has 0 aromatic heterocycles. The first-order chi connectivity index (χ1) is 14.6. The molecule has 0 fully saturated rings.